The first-order valence-corrected chi connectivity index (χ1v) is 8.58. The van der Waals surface area contributed by atoms with E-state index in [0.29, 0.717) is 31.1 Å². The molecule has 1 aromatic heterocycles. The maximum Gasteiger partial charge on any atom is 0.245 e. The zero-order valence-corrected chi connectivity index (χ0v) is 15.5. The fourth-order valence-corrected chi connectivity index (χ4v) is 2.71. The van der Waals surface area contributed by atoms with Crippen molar-refractivity contribution in [1.82, 2.24) is 9.88 Å². The van der Waals surface area contributed by atoms with Crippen molar-refractivity contribution in [1.29, 1.82) is 0 Å². The first-order valence-electron chi connectivity index (χ1n) is 7.70. The van der Waals surface area contributed by atoms with E-state index in [0.717, 1.165) is 5.69 Å². The van der Waals surface area contributed by atoms with Crippen LogP contribution in [0.4, 0.5) is 5.13 Å². The highest BCUT2D eigenvalue weighted by Gasteiger charge is 2.23. The number of ether oxygens (including phenoxy) is 1. The Hall–Kier alpha value is -1.47. The molecule has 6 nitrogen and oxygen atoms in total. The number of carbonyl (C=O) groups is 2. The van der Waals surface area contributed by atoms with Crippen molar-refractivity contribution in [3.63, 3.8) is 0 Å². The summed E-state index contributed by atoms with van der Waals surface area (Å²) in [4.78, 5) is 30.4. The van der Waals surface area contributed by atoms with Gasteiger partial charge in [-0.1, -0.05) is 20.8 Å². The SMILES string of the molecule is COCCCN(CC(=O)Nc1nc(C)cs1)C(=O)CC(C)(C)C. The van der Waals surface area contributed by atoms with E-state index in [4.69, 9.17) is 4.74 Å². The monoisotopic (exact) mass is 341 g/mol. The van der Waals surface area contributed by atoms with E-state index >= 15 is 0 Å². The smallest absolute Gasteiger partial charge is 0.245 e. The summed E-state index contributed by atoms with van der Waals surface area (Å²) in [6, 6.07) is 0. The van der Waals surface area contributed by atoms with Gasteiger partial charge in [0.1, 0.15) is 0 Å². The highest BCUT2D eigenvalue weighted by Crippen LogP contribution is 2.20. The Morgan fingerprint density at radius 3 is 2.61 bits per heavy atom. The number of rotatable bonds is 8. The van der Waals surface area contributed by atoms with Crippen LogP contribution in [-0.2, 0) is 14.3 Å². The van der Waals surface area contributed by atoms with Gasteiger partial charge in [0.05, 0.1) is 12.2 Å². The number of anilines is 1. The third kappa shape index (κ3) is 8.08. The van der Waals surface area contributed by atoms with Crippen molar-refractivity contribution in [3.8, 4) is 0 Å². The lowest BCUT2D eigenvalue weighted by Gasteiger charge is -2.26. The van der Waals surface area contributed by atoms with E-state index in [1.165, 1.54) is 11.3 Å². The first kappa shape index (κ1) is 19.6. The average Bonchev–Trinajstić information content (AvgIpc) is 2.81. The number of carbonyl (C=O) groups excluding carboxylic acids is 2. The number of hydrogen-bond acceptors (Lipinski definition) is 5. The second-order valence-corrected chi connectivity index (χ2v) is 7.60. The normalized spacial score (nSPS) is 11.3. The molecular weight excluding hydrogens is 314 g/mol. The molecule has 0 radical (unpaired) electrons. The lowest BCUT2D eigenvalue weighted by atomic mass is 9.91. The predicted octanol–water partition coefficient (Wildman–Crippen LogP) is 2.69. The first-order chi connectivity index (χ1) is 10.7. The van der Waals surface area contributed by atoms with Crippen LogP contribution in [0.25, 0.3) is 0 Å². The summed E-state index contributed by atoms with van der Waals surface area (Å²) in [6.45, 7) is 9.01. The van der Waals surface area contributed by atoms with E-state index in [9.17, 15) is 9.59 Å². The molecule has 23 heavy (non-hydrogen) atoms. The van der Waals surface area contributed by atoms with Gasteiger partial charge in [-0.15, -0.1) is 11.3 Å². The molecule has 0 atom stereocenters. The van der Waals surface area contributed by atoms with Crippen LogP contribution < -0.4 is 5.32 Å². The molecule has 1 rings (SSSR count). The molecule has 2 amide bonds. The predicted molar refractivity (Wildman–Crippen MR) is 92.6 cm³/mol. The standard InChI is InChI=1S/C16H27N3O3S/c1-12-11-23-15(17-12)18-13(20)10-19(7-6-8-22-5)14(21)9-16(2,3)4/h11H,6-10H2,1-5H3,(H,17,18,20). The van der Waals surface area contributed by atoms with Crippen molar-refractivity contribution in [2.45, 2.75) is 40.5 Å². The van der Waals surface area contributed by atoms with Crippen LogP contribution in [0.2, 0.25) is 0 Å². The van der Waals surface area contributed by atoms with Gasteiger partial charge in [0.2, 0.25) is 11.8 Å². The Morgan fingerprint density at radius 2 is 2.09 bits per heavy atom. The minimum Gasteiger partial charge on any atom is -0.385 e. The van der Waals surface area contributed by atoms with Crippen LogP contribution in [0.5, 0.6) is 0 Å². The Balaban J connectivity index is 2.63. The van der Waals surface area contributed by atoms with Gasteiger partial charge in [-0.2, -0.15) is 0 Å². The summed E-state index contributed by atoms with van der Waals surface area (Å²) in [5.74, 6) is -0.238. The average molecular weight is 341 g/mol. The third-order valence-electron chi connectivity index (χ3n) is 3.01. The molecule has 0 aliphatic heterocycles. The zero-order valence-electron chi connectivity index (χ0n) is 14.6. The Morgan fingerprint density at radius 1 is 1.39 bits per heavy atom. The summed E-state index contributed by atoms with van der Waals surface area (Å²) >= 11 is 1.38. The molecule has 1 heterocycles. The molecule has 0 unspecified atom stereocenters. The highest BCUT2D eigenvalue weighted by atomic mass is 32.1. The molecule has 0 aliphatic rings. The maximum atomic E-state index is 12.4. The summed E-state index contributed by atoms with van der Waals surface area (Å²) < 4.78 is 5.03. The number of aryl methyl sites for hydroxylation is 1. The number of thiazole rings is 1. The van der Waals surface area contributed by atoms with Crippen molar-refractivity contribution < 1.29 is 14.3 Å². The van der Waals surface area contributed by atoms with Crippen molar-refractivity contribution in [2.24, 2.45) is 5.41 Å². The molecule has 0 saturated heterocycles. The lowest BCUT2D eigenvalue weighted by molar-refractivity contribution is -0.136. The summed E-state index contributed by atoms with van der Waals surface area (Å²) in [5, 5.41) is 5.18. The molecular formula is C16H27N3O3S. The fourth-order valence-electron chi connectivity index (χ4n) is 2.00. The van der Waals surface area contributed by atoms with Gasteiger partial charge in [-0.05, 0) is 18.8 Å². The fraction of sp³-hybridized carbons (Fsp3) is 0.688. The summed E-state index contributed by atoms with van der Waals surface area (Å²) in [6.07, 6.45) is 1.11. The van der Waals surface area contributed by atoms with Crippen LogP contribution in [0.15, 0.2) is 5.38 Å². The number of amides is 2. The number of aromatic nitrogens is 1. The van der Waals surface area contributed by atoms with Gasteiger partial charge < -0.3 is 15.0 Å². The molecule has 0 spiro atoms. The van der Waals surface area contributed by atoms with Gasteiger partial charge >= 0.3 is 0 Å². The van der Waals surface area contributed by atoms with Gasteiger partial charge in [-0.25, -0.2) is 4.98 Å². The molecule has 130 valence electrons. The van der Waals surface area contributed by atoms with Crippen LogP contribution >= 0.6 is 11.3 Å². The van der Waals surface area contributed by atoms with Gasteiger partial charge in [-0.3, -0.25) is 9.59 Å². The summed E-state index contributed by atoms with van der Waals surface area (Å²) in [5.41, 5.74) is 0.755. The quantitative estimate of drug-likeness (QED) is 0.738. The minimum absolute atomic E-state index is 0.0147. The Labute approximate surface area is 142 Å². The molecule has 1 N–H and O–H groups in total. The number of nitrogens with one attached hydrogen (secondary N) is 1. The van der Waals surface area contributed by atoms with Crippen LogP contribution in [0.3, 0.4) is 0 Å². The van der Waals surface area contributed by atoms with E-state index in [1.54, 1.807) is 12.0 Å². The Kier molecular flexibility index (Phi) is 7.64. The van der Waals surface area contributed by atoms with E-state index in [1.807, 2.05) is 33.1 Å². The number of nitrogens with zero attached hydrogens (tertiary/aromatic N) is 2. The largest absolute Gasteiger partial charge is 0.385 e. The minimum atomic E-state index is -0.223. The van der Waals surface area contributed by atoms with Crippen molar-refractivity contribution in [2.75, 3.05) is 32.1 Å². The molecule has 0 saturated carbocycles. The van der Waals surface area contributed by atoms with E-state index in [-0.39, 0.29) is 23.8 Å². The van der Waals surface area contributed by atoms with E-state index < -0.39 is 0 Å². The summed E-state index contributed by atoms with van der Waals surface area (Å²) in [7, 11) is 1.62. The van der Waals surface area contributed by atoms with Crippen LogP contribution in [0.1, 0.15) is 39.3 Å². The zero-order chi connectivity index (χ0) is 17.5. The third-order valence-corrected chi connectivity index (χ3v) is 3.89. The molecule has 1 aromatic rings. The molecule has 0 fully saturated rings. The molecule has 7 heteroatoms. The second-order valence-electron chi connectivity index (χ2n) is 6.74. The molecule has 0 aliphatic carbocycles. The van der Waals surface area contributed by atoms with Crippen molar-refractivity contribution in [3.05, 3.63) is 11.1 Å². The van der Waals surface area contributed by atoms with Crippen LogP contribution in [-0.4, -0.2) is 48.5 Å². The Bertz CT molecular complexity index is 523. The van der Waals surface area contributed by atoms with Gasteiger partial charge in [0.15, 0.2) is 5.13 Å². The number of methoxy groups -OCH3 is 1. The topological polar surface area (TPSA) is 71.5 Å². The molecule has 0 bridgehead atoms. The highest BCUT2D eigenvalue weighted by molar-refractivity contribution is 7.13. The second kappa shape index (κ2) is 8.98. The lowest BCUT2D eigenvalue weighted by Crippen LogP contribution is -2.40. The molecule has 0 aromatic carbocycles. The van der Waals surface area contributed by atoms with Gasteiger partial charge in [0.25, 0.3) is 0 Å². The van der Waals surface area contributed by atoms with Crippen LogP contribution in [0, 0.1) is 12.3 Å². The number of hydrogen-bond donors (Lipinski definition) is 1. The maximum absolute atomic E-state index is 12.4. The van der Waals surface area contributed by atoms with E-state index in [2.05, 4.69) is 10.3 Å². The van der Waals surface area contributed by atoms with Gasteiger partial charge in [0, 0.05) is 32.1 Å². The van der Waals surface area contributed by atoms with Crippen molar-refractivity contribution >= 4 is 28.3 Å².